The third-order valence-corrected chi connectivity index (χ3v) is 4.59. The Kier molecular flexibility index (Phi) is 2.74. The molecule has 0 radical (unpaired) electrons. The van der Waals surface area contributed by atoms with E-state index in [1.165, 1.54) is 11.3 Å². The van der Waals surface area contributed by atoms with Crippen molar-refractivity contribution in [2.24, 2.45) is 7.05 Å². The van der Waals surface area contributed by atoms with Crippen molar-refractivity contribution in [3.05, 3.63) is 28.4 Å². The van der Waals surface area contributed by atoms with Crippen LogP contribution in [-0.4, -0.2) is 26.6 Å². The van der Waals surface area contributed by atoms with E-state index in [0.29, 0.717) is 28.2 Å². The highest BCUT2D eigenvalue weighted by Gasteiger charge is 2.29. The summed E-state index contributed by atoms with van der Waals surface area (Å²) in [6.07, 6.45) is 5.32. The minimum absolute atomic E-state index is 0.0592. The van der Waals surface area contributed by atoms with Gasteiger partial charge in [-0.1, -0.05) is 0 Å². The van der Waals surface area contributed by atoms with Gasteiger partial charge in [0.1, 0.15) is 0 Å². The average molecular weight is 276 g/mol. The lowest BCUT2D eigenvalue weighted by Gasteiger charge is -2.09. The maximum absolute atomic E-state index is 11.9. The van der Waals surface area contributed by atoms with Gasteiger partial charge < -0.3 is 5.11 Å². The SMILES string of the molecule is Cn1cc(-c2sc3c(c2C(=O)O)CCCC3=O)cn1. The summed E-state index contributed by atoms with van der Waals surface area (Å²) in [5, 5.41) is 13.5. The van der Waals surface area contributed by atoms with E-state index in [9.17, 15) is 14.7 Å². The normalized spacial score (nSPS) is 14.5. The number of aromatic nitrogens is 2. The highest BCUT2D eigenvalue weighted by Crippen LogP contribution is 2.40. The average Bonchev–Trinajstić information content (AvgIpc) is 2.93. The number of thiophene rings is 1. The van der Waals surface area contributed by atoms with Crippen molar-refractivity contribution in [1.82, 2.24) is 9.78 Å². The molecule has 2 aromatic heterocycles. The Morgan fingerprint density at radius 2 is 2.21 bits per heavy atom. The van der Waals surface area contributed by atoms with Crippen LogP contribution in [-0.2, 0) is 13.5 Å². The maximum atomic E-state index is 11.9. The van der Waals surface area contributed by atoms with E-state index in [0.717, 1.165) is 12.0 Å². The van der Waals surface area contributed by atoms with Crippen molar-refractivity contribution in [3.8, 4) is 10.4 Å². The van der Waals surface area contributed by atoms with Gasteiger partial charge in [-0.25, -0.2) is 4.79 Å². The molecular formula is C13H12N2O3S. The molecule has 0 aliphatic heterocycles. The molecule has 0 saturated carbocycles. The lowest BCUT2D eigenvalue weighted by Crippen LogP contribution is -2.10. The molecule has 1 aliphatic carbocycles. The molecule has 0 atom stereocenters. The minimum Gasteiger partial charge on any atom is -0.478 e. The Morgan fingerprint density at radius 3 is 2.84 bits per heavy atom. The predicted octanol–water partition coefficient (Wildman–Crippen LogP) is 2.37. The zero-order valence-electron chi connectivity index (χ0n) is 10.3. The number of hydrogen-bond donors (Lipinski definition) is 1. The third-order valence-electron chi connectivity index (χ3n) is 3.27. The summed E-state index contributed by atoms with van der Waals surface area (Å²) < 4.78 is 1.63. The first-order valence-corrected chi connectivity index (χ1v) is 6.80. The van der Waals surface area contributed by atoms with Gasteiger partial charge in [0.15, 0.2) is 5.78 Å². The van der Waals surface area contributed by atoms with Crippen LogP contribution >= 0.6 is 11.3 Å². The third kappa shape index (κ3) is 1.88. The number of aryl methyl sites for hydroxylation is 1. The molecule has 0 bridgehead atoms. The molecule has 0 spiro atoms. The topological polar surface area (TPSA) is 72.2 Å². The molecule has 2 aromatic rings. The van der Waals surface area contributed by atoms with Gasteiger partial charge in [0.25, 0.3) is 0 Å². The van der Waals surface area contributed by atoms with Crippen molar-refractivity contribution in [3.63, 3.8) is 0 Å². The lowest BCUT2D eigenvalue weighted by atomic mass is 9.93. The van der Waals surface area contributed by atoms with Crippen molar-refractivity contribution in [2.45, 2.75) is 19.3 Å². The number of fused-ring (bicyclic) bond motifs is 1. The second-order valence-corrected chi connectivity index (χ2v) is 5.62. The zero-order valence-corrected chi connectivity index (χ0v) is 11.2. The quantitative estimate of drug-likeness (QED) is 0.914. The number of carboxylic acid groups (broad SMARTS) is 1. The lowest BCUT2D eigenvalue weighted by molar-refractivity contribution is 0.0697. The van der Waals surface area contributed by atoms with Crippen LogP contribution in [0.3, 0.4) is 0 Å². The first-order chi connectivity index (χ1) is 9.08. The first kappa shape index (κ1) is 12.1. The summed E-state index contributed by atoms with van der Waals surface area (Å²) in [5.74, 6) is -0.907. The molecule has 0 fully saturated rings. The Bertz CT molecular complexity index is 684. The number of hydrogen-bond acceptors (Lipinski definition) is 4. The molecule has 2 heterocycles. The standard InChI is InChI=1S/C13H12N2O3S/c1-15-6-7(5-14-15)11-10(13(17)18)8-3-2-4-9(16)12(8)19-11/h5-6H,2-4H2,1H3,(H,17,18). The van der Waals surface area contributed by atoms with E-state index in [2.05, 4.69) is 5.10 Å². The van der Waals surface area contributed by atoms with E-state index in [1.807, 2.05) is 0 Å². The second kappa shape index (κ2) is 4.31. The van der Waals surface area contributed by atoms with Crippen molar-refractivity contribution in [2.75, 3.05) is 0 Å². The monoisotopic (exact) mass is 276 g/mol. The van der Waals surface area contributed by atoms with Crippen LogP contribution in [0.25, 0.3) is 10.4 Å². The Labute approximate surface area is 113 Å². The Morgan fingerprint density at radius 1 is 1.42 bits per heavy atom. The molecule has 1 N–H and O–H groups in total. The van der Waals surface area contributed by atoms with E-state index in [1.54, 1.807) is 24.1 Å². The van der Waals surface area contributed by atoms with Gasteiger partial charge in [-0.15, -0.1) is 11.3 Å². The van der Waals surface area contributed by atoms with Gasteiger partial charge in [0.05, 0.1) is 21.5 Å². The number of Topliss-reactive ketones (excluding diaryl/α,β-unsaturated/α-hetero) is 1. The van der Waals surface area contributed by atoms with Crippen molar-refractivity contribution >= 4 is 23.1 Å². The van der Waals surface area contributed by atoms with Gasteiger partial charge in [-0.05, 0) is 18.4 Å². The second-order valence-electron chi connectivity index (χ2n) is 4.60. The molecule has 6 heteroatoms. The molecule has 3 rings (SSSR count). The minimum atomic E-state index is -0.967. The van der Waals surface area contributed by atoms with E-state index in [4.69, 9.17) is 0 Å². The van der Waals surface area contributed by atoms with E-state index >= 15 is 0 Å². The molecule has 0 unspecified atom stereocenters. The van der Waals surface area contributed by atoms with Crippen LogP contribution in [0.5, 0.6) is 0 Å². The highest BCUT2D eigenvalue weighted by molar-refractivity contribution is 7.18. The molecule has 0 amide bonds. The molecule has 1 aliphatic rings. The van der Waals surface area contributed by atoms with Crippen molar-refractivity contribution < 1.29 is 14.7 Å². The van der Waals surface area contributed by atoms with Crippen LogP contribution < -0.4 is 0 Å². The first-order valence-electron chi connectivity index (χ1n) is 5.99. The zero-order chi connectivity index (χ0) is 13.6. The van der Waals surface area contributed by atoms with Crippen LogP contribution in [0.1, 0.15) is 38.4 Å². The summed E-state index contributed by atoms with van der Waals surface area (Å²) in [6, 6.07) is 0. The Hall–Kier alpha value is -1.95. The molecular weight excluding hydrogens is 264 g/mol. The molecule has 0 saturated heterocycles. The highest BCUT2D eigenvalue weighted by atomic mass is 32.1. The number of carboxylic acids is 1. The fraction of sp³-hybridized carbons (Fsp3) is 0.308. The van der Waals surface area contributed by atoms with Crippen molar-refractivity contribution in [1.29, 1.82) is 0 Å². The fourth-order valence-electron chi connectivity index (χ4n) is 2.44. The fourth-order valence-corrected chi connectivity index (χ4v) is 3.72. The summed E-state index contributed by atoms with van der Waals surface area (Å²) in [6.45, 7) is 0. The van der Waals surface area contributed by atoms with Crippen LogP contribution in [0, 0.1) is 0 Å². The van der Waals surface area contributed by atoms with E-state index in [-0.39, 0.29) is 11.3 Å². The maximum Gasteiger partial charge on any atom is 0.337 e. The summed E-state index contributed by atoms with van der Waals surface area (Å²) in [5.41, 5.74) is 1.74. The number of rotatable bonds is 2. The molecule has 0 aromatic carbocycles. The van der Waals surface area contributed by atoms with Gasteiger partial charge in [-0.3, -0.25) is 9.48 Å². The number of carbonyl (C=O) groups is 2. The summed E-state index contributed by atoms with van der Waals surface area (Å²) >= 11 is 1.28. The number of aromatic carboxylic acids is 1. The van der Waals surface area contributed by atoms with Gasteiger partial charge in [-0.2, -0.15) is 5.10 Å². The molecule has 19 heavy (non-hydrogen) atoms. The number of carbonyl (C=O) groups excluding carboxylic acids is 1. The smallest absolute Gasteiger partial charge is 0.337 e. The predicted molar refractivity (Wildman–Crippen MR) is 70.7 cm³/mol. The van der Waals surface area contributed by atoms with Crippen LogP contribution in [0.2, 0.25) is 0 Å². The summed E-state index contributed by atoms with van der Waals surface area (Å²) in [7, 11) is 1.78. The van der Waals surface area contributed by atoms with Gasteiger partial charge >= 0.3 is 5.97 Å². The largest absolute Gasteiger partial charge is 0.478 e. The molecule has 98 valence electrons. The molecule has 5 nitrogen and oxygen atoms in total. The van der Waals surface area contributed by atoms with Crippen LogP contribution in [0.15, 0.2) is 12.4 Å². The van der Waals surface area contributed by atoms with Gasteiger partial charge in [0.2, 0.25) is 0 Å². The number of ketones is 1. The summed E-state index contributed by atoms with van der Waals surface area (Å²) in [4.78, 5) is 24.7. The van der Waals surface area contributed by atoms with Crippen LogP contribution in [0.4, 0.5) is 0 Å². The Balaban J connectivity index is 2.24. The number of nitrogens with zero attached hydrogens (tertiary/aromatic N) is 2. The van der Waals surface area contributed by atoms with Gasteiger partial charge in [0, 0.05) is 25.2 Å². The van der Waals surface area contributed by atoms with E-state index < -0.39 is 5.97 Å².